The van der Waals surface area contributed by atoms with Crippen LogP contribution in [0.25, 0.3) is 0 Å². The summed E-state index contributed by atoms with van der Waals surface area (Å²) in [7, 11) is -1.46. The molecule has 0 spiro atoms. The zero-order valence-corrected chi connectivity index (χ0v) is 17.0. The van der Waals surface area contributed by atoms with Crippen LogP contribution in [-0.2, 0) is 21.1 Å². The van der Waals surface area contributed by atoms with Gasteiger partial charge < -0.3 is 10.6 Å². The monoisotopic (exact) mass is 388 g/mol. The van der Waals surface area contributed by atoms with Gasteiger partial charge in [-0.2, -0.15) is 0 Å². The van der Waals surface area contributed by atoms with E-state index in [1.807, 2.05) is 37.4 Å². The third-order valence-corrected chi connectivity index (χ3v) is 5.59. The van der Waals surface area contributed by atoms with Gasteiger partial charge in [0.15, 0.2) is 9.84 Å². The number of rotatable bonds is 9. The number of carbonyl (C=O) groups excluding carboxylic acids is 1. The summed E-state index contributed by atoms with van der Waals surface area (Å²) in [5.74, 6) is -0.0559. The molecule has 0 bridgehead atoms. The van der Waals surface area contributed by atoms with Gasteiger partial charge in [0.2, 0.25) is 5.91 Å². The second-order valence-corrected chi connectivity index (χ2v) is 8.66. The fourth-order valence-electron chi connectivity index (χ4n) is 2.89. The first kappa shape index (κ1) is 21.1. The maximum atomic E-state index is 12.4. The molecule has 0 aliphatic carbocycles. The molecule has 0 aliphatic heterocycles. The minimum absolute atomic E-state index is 0.0559. The molecule has 2 rings (SSSR count). The smallest absolute Gasteiger partial charge is 0.220 e. The third-order valence-electron chi connectivity index (χ3n) is 4.48. The number of hydrogen-bond acceptors (Lipinski definition) is 4. The van der Waals surface area contributed by atoms with E-state index in [4.69, 9.17) is 0 Å². The van der Waals surface area contributed by atoms with Crippen molar-refractivity contribution in [3.05, 3.63) is 65.2 Å². The minimum Gasteiger partial charge on any atom is -0.345 e. The van der Waals surface area contributed by atoms with E-state index in [1.165, 1.54) is 11.8 Å². The van der Waals surface area contributed by atoms with Gasteiger partial charge in [-0.05, 0) is 55.3 Å². The molecule has 0 fully saturated rings. The SMILES string of the molecule is CCc1ccc(C(NC(=O)CCCNC)c2cccc(S(C)(=O)=O)c2)cc1. The van der Waals surface area contributed by atoms with E-state index >= 15 is 0 Å². The molecule has 2 aromatic rings. The Labute approximate surface area is 162 Å². The molecule has 0 radical (unpaired) electrons. The Bertz CT molecular complexity index is 861. The zero-order valence-electron chi connectivity index (χ0n) is 16.2. The average Bonchev–Trinajstić information content (AvgIpc) is 2.66. The molecular formula is C21H28N2O3S. The first-order valence-corrected chi connectivity index (χ1v) is 11.1. The largest absolute Gasteiger partial charge is 0.345 e. The predicted molar refractivity (Wildman–Crippen MR) is 109 cm³/mol. The Morgan fingerprint density at radius 2 is 1.78 bits per heavy atom. The number of carbonyl (C=O) groups is 1. The summed E-state index contributed by atoms with van der Waals surface area (Å²) in [4.78, 5) is 12.7. The van der Waals surface area contributed by atoms with E-state index in [2.05, 4.69) is 17.6 Å². The molecule has 6 heteroatoms. The minimum atomic E-state index is -3.32. The highest BCUT2D eigenvalue weighted by atomic mass is 32.2. The van der Waals surface area contributed by atoms with Crippen molar-refractivity contribution in [2.45, 2.75) is 37.1 Å². The number of benzene rings is 2. The molecule has 0 heterocycles. The van der Waals surface area contributed by atoms with Gasteiger partial charge in [0.1, 0.15) is 0 Å². The molecule has 2 aromatic carbocycles. The van der Waals surface area contributed by atoms with Crippen LogP contribution in [-0.4, -0.2) is 34.2 Å². The molecular weight excluding hydrogens is 360 g/mol. The Kier molecular flexibility index (Phi) is 7.56. The Balaban J connectivity index is 2.35. The summed E-state index contributed by atoms with van der Waals surface area (Å²) >= 11 is 0. The number of amides is 1. The van der Waals surface area contributed by atoms with Crippen molar-refractivity contribution < 1.29 is 13.2 Å². The molecule has 5 nitrogen and oxygen atoms in total. The Hall–Kier alpha value is -2.18. The van der Waals surface area contributed by atoms with Crippen molar-refractivity contribution in [2.24, 2.45) is 0 Å². The van der Waals surface area contributed by atoms with Gasteiger partial charge in [-0.1, -0.05) is 43.3 Å². The normalized spacial score (nSPS) is 12.6. The average molecular weight is 389 g/mol. The maximum absolute atomic E-state index is 12.4. The lowest BCUT2D eigenvalue weighted by molar-refractivity contribution is -0.121. The summed E-state index contributed by atoms with van der Waals surface area (Å²) in [5.41, 5.74) is 2.90. The van der Waals surface area contributed by atoms with Crippen molar-refractivity contribution in [1.82, 2.24) is 10.6 Å². The molecule has 0 aliphatic rings. The predicted octanol–water partition coefficient (Wildman–Crippen LogP) is 2.86. The second kappa shape index (κ2) is 9.67. The highest BCUT2D eigenvalue weighted by molar-refractivity contribution is 7.90. The van der Waals surface area contributed by atoms with Gasteiger partial charge in [0.05, 0.1) is 10.9 Å². The van der Waals surface area contributed by atoms with Crippen LogP contribution in [0.2, 0.25) is 0 Å². The standard InChI is InChI=1S/C21H28N2O3S/c1-4-16-10-12-17(13-11-16)21(23-20(24)9-6-14-22-2)18-7-5-8-19(15-18)27(3,25)26/h5,7-8,10-13,15,21-22H,4,6,9,14H2,1-3H3,(H,23,24). The van der Waals surface area contributed by atoms with Crippen LogP contribution in [0.3, 0.4) is 0 Å². The zero-order chi connectivity index (χ0) is 19.9. The van der Waals surface area contributed by atoms with Gasteiger partial charge in [0, 0.05) is 12.7 Å². The number of hydrogen-bond donors (Lipinski definition) is 2. The van der Waals surface area contributed by atoms with Crippen LogP contribution in [0, 0.1) is 0 Å². The van der Waals surface area contributed by atoms with Crippen LogP contribution >= 0.6 is 0 Å². The fraction of sp³-hybridized carbons (Fsp3) is 0.381. The first-order valence-electron chi connectivity index (χ1n) is 9.18. The highest BCUT2D eigenvalue weighted by Crippen LogP contribution is 2.25. The van der Waals surface area contributed by atoms with Gasteiger partial charge in [-0.15, -0.1) is 0 Å². The van der Waals surface area contributed by atoms with Gasteiger partial charge >= 0.3 is 0 Å². The Morgan fingerprint density at radius 1 is 1.07 bits per heavy atom. The summed E-state index contributed by atoms with van der Waals surface area (Å²) in [6.07, 6.45) is 3.28. The van der Waals surface area contributed by atoms with E-state index in [0.717, 1.165) is 30.5 Å². The van der Waals surface area contributed by atoms with Crippen molar-refractivity contribution >= 4 is 15.7 Å². The first-order chi connectivity index (χ1) is 12.8. The fourth-order valence-corrected chi connectivity index (χ4v) is 3.56. The van der Waals surface area contributed by atoms with Crippen LogP contribution in [0.5, 0.6) is 0 Å². The van der Waals surface area contributed by atoms with E-state index in [9.17, 15) is 13.2 Å². The lowest BCUT2D eigenvalue weighted by Gasteiger charge is -2.21. The molecule has 1 atom stereocenters. The third kappa shape index (κ3) is 6.19. The second-order valence-electron chi connectivity index (χ2n) is 6.65. The number of nitrogens with one attached hydrogen (secondary N) is 2. The lowest BCUT2D eigenvalue weighted by atomic mass is 9.97. The number of sulfone groups is 1. The van der Waals surface area contributed by atoms with Crippen molar-refractivity contribution in [3.8, 4) is 0 Å². The number of aryl methyl sites for hydroxylation is 1. The van der Waals surface area contributed by atoms with E-state index in [-0.39, 0.29) is 16.8 Å². The van der Waals surface area contributed by atoms with Crippen molar-refractivity contribution in [3.63, 3.8) is 0 Å². The van der Waals surface area contributed by atoms with E-state index in [1.54, 1.807) is 18.2 Å². The van der Waals surface area contributed by atoms with Crippen molar-refractivity contribution in [1.29, 1.82) is 0 Å². The molecule has 1 unspecified atom stereocenters. The molecule has 0 aromatic heterocycles. The van der Waals surface area contributed by atoms with Gasteiger partial charge in [-0.25, -0.2) is 8.42 Å². The van der Waals surface area contributed by atoms with E-state index in [0.29, 0.717) is 6.42 Å². The molecule has 0 saturated heterocycles. The van der Waals surface area contributed by atoms with E-state index < -0.39 is 9.84 Å². The summed E-state index contributed by atoms with van der Waals surface area (Å²) < 4.78 is 23.9. The molecule has 1 amide bonds. The van der Waals surface area contributed by atoms with Crippen molar-refractivity contribution in [2.75, 3.05) is 19.8 Å². The van der Waals surface area contributed by atoms with Crippen LogP contribution in [0.1, 0.15) is 42.5 Å². The topological polar surface area (TPSA) is 75.3 Å². The molecule has 0 saturated carbocycles. The Morgan fingerprint density at radius 3 is 2.37 bits per heavy atom. The summed E-state index contributed by atoms with van der Waals surface area (Å²) in [5, 5.41) is 6.09. The van der Waals surface area contributed by atoms with Gasteiger partial charge in [0.25, 0.3) is 0 Å². The van der Waals surface area contributed by atoms with Crippen LogP contribution in [0.15, 0.2) is 53.4 Å². The maximum Gasteiger partial charge on any atom is 0.220 e. The molecule has 2 N–H and O–H groups in total. The quantitative estimate of drug-likeness (QED) is 0.648. The summed E-state index contributed by atoms with van der Waals surface area (Å²) in [6.45, 7) is 2.86. The molecule has 146 valence electrons. The summed E-state index contributed by atoms with van der Waals surface area (Å²) in [6, 6.07) is 14.4. The van der Waals surface area contributed by atoms with Crippen LogP contribution in [0.4, 0.5) is 0 Å². The van der Waals surface area contributed by atoms with Gasteiger partial charge in [-0.3, -0.25) is 4.79 Å². The highest BCUT2D eigenvalue weighted by Gasteiger charge is 2.19. The lowest BCUT2D eigenvalue weighted by Crippen LogP contribution is -2.29. The van der Waals surface area contributed by atoms with Crippen LogP contribution < -0.4 is 10.6 Å². The molecule has 27 heavy (non-hydrogen) atoms.